The van der Waals surface area contributed by atoms with Crippen molar-refractivity contribution in [2.75, 3.05) is 52.5 Å². The lowest BCUT2D eigenvalue weighted by atomic mass is 9.77. The summed E-state index contributed by atoms with van der Waals surface area (Å²) in [7, 11) is 0. The summed E-state index contributed by atoms with van der Waals surface area (Å²) in [6.45, 7) is 4.62. The monoisotopic (exact) mass is 435 g/mol. The van der Waals surface area contributed by atoms with Crippen molar-refractivity contribution in [3.8, 4) is 5.75 Å². The Hall–Kier alpha value is -2.68. The van der Waals surface area contributed by atoms with Gasteiger partial charge in [-0.15, -0.1) is 0 Å². The molecule has 9 heteroatoms. The summed E-state index contributed by atoms with van der Waals surface area (Å²) in [6.07, 6.45) is 1.71. The van der Waals surface area contributed by atoms with Crippen LogP contribution < -0.4 is 10.1 Å². The number of likely N-dealkylation sites (tertiary alicyclic amines) is 1. The van der Waals surface area contributed by atoms with E-state index in [1.807, 2.05) is 0 Å². The van der Waals surface area contributed by atoms with Gasteiger partial charge in [-0.2, -0.15) is 0 Å². The molecule has 170 valence electrons. The summed E-state index contributed by atoms with van der Waals surface area (Å²) < 4.78 is 24.5. The van der Waals surface area contributed by atoms with Gasteiger partial charge in [0.15, 0.2) is 0 Å². The van der Waals surface area contributed by atoms with Gasteiger partial charge in [0.1, 0.15) is 11.6 Å². The van der Waals surface area contributed by atoms with Crippen LogP contribution in [0.2, 0.25) is 0 Å². The number of ether oxygens (including phenoxy) is 2. The normalized spacial score (nSPS) is 21.5. The Bertz CT molecular complexity index is 782. The molecule has 3 rings (SSSR count). The first-order chi connectivity index (χ1) is 14.9. The van der Waals surface area contributed by atoms with Gasteiger partial charge in [-0.05, 0) is 37.1 Å². The van der Waals surface area contributed by atoms with Gasteiger partial charge in [-0.3, -0.25) is 14.4 Å². The van der Waals surface area contributed by atoms with Crippen molar-refractivity contribution in [1.82, 2.24) is 15.1 Å². The highest BCUT2D eigenvalue weighted by atomic mass is 19.1. The maximum atomic E-state index is 13.2. The van der Waals surface area contributed by atoms with Gasteiger partial charge >= 0.3 is 0 Å². The number of carbonyl (C=O) groups is 3. The van der Waals surface area contributed by atoms with E-state index in [0.29, 0.717) is 45.1 Å². The summed E-state index contributed by atoms with van der Waals surface area (Å²) >= 11 is 0. The van der Waals surface area contributed by atoms with Gasteiger partial charge in [0.05, 0.1) is 26.4 Å². The molecule has 3 amide bonds. The van der Waals surface area contributed by atoms with Gasteiger partial charge in [-0.25, -0.2) is 4.39 Å². The van der Waals surface area contributed by atoms with Crippen molar-refractivity contribution in [2.45, 2.75) is 26.2 Å². The molecule has 1 N–H and O–H groups in total. The standard InChI is InChI=1S/C22H30FN3O5/c1-17(27)24-14-21(29)26-8-2-7-22(15-26,13-20(28)25-9-11-30-12-10-25)16-31-19-5-3-18(23)4-6-19/h3-6H,2,7-16H2,1H3,(H,24,27)/t22-/m0/s1. The number of nitrogens with one attached hydrogen (secondary N) is 1. The molecule has 2 fully saturated rings. The molecule has 31 heavy (non-hydrogen) atoms. The van der Waals surface area contributed by atoms with E-state index in [0.717, 1.165) is 12.8 Å². The quantitative estimate of drug-likeness (QED) is 0.695. The molecule has 8 nitrogen and oxygen atoms in total. The molecule has 0 unspecified atom stereocenters. The van der Waals surface area contributed by atoms with E-state index >= 15 is 0 Å². The highest BCUT2D eigenvalue weighted by molar-refractivity contribution is 5.84. The van der Waals surface area contributed by atoms with Crippen LogP contribution in [0.25, 0.3) is 0 Å². The van der Waals surface area contributed by atoms with E-state index in [4.69, 9.17) is 9.47 Å². The fourth-order valence-electron chi connectivity index (χ4n) is 4.06. The second-order valence-electron chi connectivity index (χ2n) is 8.24. The second-order valence-corrected chi connectivity index (χ2v) is 8.24. The van der Waals surface area contributed by atoms with Crippen LogP contribution in [-0.4, -0.2) is 80.1 Å². The maximum Gasteiger partial charge on any atom is 0.241 e. The molecule has 2 saturated heterocycles. The fourth-order valence-corrected chi connectivity index (χ4v) is 4.06. The van der Waals surface area contributed by atoms with Crippen LogP contribution in [-0.2, 0) is 19.1 Å². The van der Waals surface area contributed by atoms with Crippen molar-refractivity contribution in [3.63, 3.8) is 0 Å². The molecule has 0 bridgehead atoms. The van der Waals surface area contributed by atoms with Crippen LogP contribution in [0.4, 0.5) is 4.39 Å². The molecule has 1 atom stereocenters. The largest absolute Gasteiger partial charge is 0.493 e. The van der Waals surface area contributed by atoms with Crippen LogP contribution in [0.1, 0.15) is 26.2 Å². The summed E-state index contributed by atoms with van der Waals surface area (Å²) in [5, 5.41) is 2.54. The molecule has 0 radical (unpaired) electrons. The number of amides is 3. The summed E-state index contributed by atoms with van der Waals surface area (Å²) in [5.41, 5.74) is -0.562. The van der Waals surface area contributed by atoms with Crippen LogP contribution in [0.5, 0.6) is 5.75 Å². The SMILES string of the molecule is CC(=O)NCC(=O)N1CCC[C@](COc2ccc(F)cc2)(CC(=O)N2CCOCC2)C1. The van der Waals surface area contributed by atoms with Gasteiger partial charge < -0.3 is 24.6 Å². The van der Waals surface area contributed by atoms with Gasteiger partial charge in [0.2, 0.25) is 17.7 Å². The van der Waals surface area contributed by atoms with Crippen molar-refractivity contribution in [2.24, 2.45) is 5.41 Å². The zero-order chi connectivity index (χ0) is 22.3. The Labute approximate surface area is 181 Å². The third-order valence-electron chi connectivity index (χ3n) is 5.75. The molecule has 2 aliphatic rings. The number of rotatable bonds is 7. The zero-order valence-corrected chi connectivity index (χ0v) is 17.9. The lowest BCUT2D eigenvalue weighted by Crippen LogP contribution is -2.53. The number of nitrogens with zero attached hydrogens (tertiary/aromatic N) is 2. The summed E-state index contributed by atoms with van der Waals surface area (Å²) in [4.78, 5) is 40.3. The first kappa shape index (κ1) is 23.0. The van der Waals surface area contributed by atoms with Gasteiger partial charge in [0.25, 0.3) is 0 Å². The number of carbonyl (C=O) groups excluding carboxylic acids is 3. The minimum Gasteiger partial charge on any atom is -0.493 e. The van der Waals surface area contributed by atoms with Crippen LogP contribution in [0.15, 0.2) is 24.3 Å². The average Bonchev–Trinajstić information content (AvgIpc) is 2.78. The lowest BCUT2D eigenvalue weighted by Gasteiger charge is -2.43. The molecule has 1 aromatic rings. The third kappa shape index (κ3) is 6.65. The van der Waals surface area contributed by atoms with E-state index < -0.39 is 5.41 Å². The summed E-state index contributed by atoms with van der Waals surface area (Å²) in [6, 6.07) is 5.75. The van der Waals surface area contributed by atoms with Crippen molar-refractivity contribution < 1.29 is 28.2 Å². The first-order valence-electron chi connectivity index (χ1n) is 10.6. The Balaban J connectivity index is 1.72. The molecule has 0 aromatic heterocycles. The van der Waals surface area contributed by atoms with E-state index in [1.165, 1.54) is 19.1 Å². The lowest BCUT2D eigenvalue weighted by molar-refractivity contribution is -0.143. The molecule has 0 saturated carbocycles. The van der Waals surface area contributed by atoms with E-state index in [9.17, 15) is 18.8 Å². The molecule has 0 aliphatic carbocycles. The Kier molecular flexibility index (Phi) is 7.84. The number of benzene rings is 1. The Morgan fingerprint density at radius 3 is 2.48 bits per heavy atom. The smallest absolute Gasteiger partial charge is 0.241 e. The molecule has 2 aliphatic heterocycles. The molecular weight excluding hydrogens is 405 g/mol. The second kappa shape index (κ2) is 10.6. The number of piperidine rings is 1. The highest BCUT2D eigenvalue weighted by Gasteiger charge is 2.41. The number of hydrogen-bond acceptors (Lipinski definition) is 5. The van der Waals surface area contributed by atoms with E-state index in [2.05, 4.69) is 5.32 Å². The van der Waals surface area contributed by atoms with Crippen molar-refractivity contribution in [3.05, 3.63) is 30.1 Å². The molecular formula is C22H30FN3O5. The first-order valence-corrected chi connectivity index (χ1v) is 10.6. The minimum atomic E-state index is -0.562. The van der Waals surface area contributed by atoms with Crippen LogP contribution >= 0.6 is 0 Å². The van der Waals surface area contributed by atoms with Crippen LogP contribution in [0, 0.1) is 11.2 Å². The minimum absolute atomic E-state index is 0.0159. The average molecular weight is 435 g/mol. The van der Waals surface area contributed by atoms with Crippen LogP contribution in [0.3, 0.4) is 0 Å². The van der Waals surface area contributed by atoms with Gasteiger partial charge in [-0.1, -0.05) is 0 Å². The number of halogens is 1. The fraction of sp³-hybridized carbons (Fsp3) is 0.591. The third-order valence-corrected chi connectivity index (χ3v) is 5.75. The Morgan fingerprint density at radius 2 is 1.81 bits per heavy atom. The Morgan fingerprint density at radius 1 is 1.10 bits per heavy atom. The maximum absolute atomic E-state index is 13.2. The molecule has 0 spiro atoms. The zero-order valence-electron chi connectivity index (χ0n) is 17.9. The topological polar surface area (TPSA) is 88.2 Å². The summed E-state index contributed by atoms with van der Waals surface area (Å²) in [5.74, 6) is -0.265. The molecule has 1 aromatic carbocycles. The predicted molar refractivity (Wildman–Crippen MR) is 111 cm³/mol. The predicted octanol–water partition coefficient (Wildman–Crippen LogP) is 1.20. The molecule has 2 heterocycles. The number of morpholine rings is 1. The van der Waals surface area contributed by atoms with Crippen molar-refractivity contribution in [1.29, 1.82) is 0 Å². The number of hydrogen-bond donors (Lipinski definition) is 1. The van der Waals surface area contributed by atoms with E-state index in [1.54, 1.807) is 21.9 Å². The van der Waals surface area contributed by atoms with Gasteiger partial charge in [0, 0.05) is 44.9 Å². The van der Waals surface area contributed by atoms with Crippen molar-refractivity contribution >= 4 is 17.7 Å². The highest BCUT2D eigenvalue weighted by Crippen LogP contribution is 2.35. The van der Waals surface area contributed by atoms with E-state index in [-0.39, 0.29) is 43.1 Å².